The lowest BCUT2D eigenvalue weighted by molar-refractivity contribution is -0.00700. The number of ether oxygens (including phenoxy) is 1. The highest BCUT2D eigenvalue weighted by atomic mass is 16.5. The molecule has 2 aromatic rings. The first kappa shape index (κ1) is 14.6. The molecule has 0 aromatic carbocycles. The highest BCUT2D eigenvalue weighted by molar-refractivity contribution is 5.89. The maximum atomic E-state index is 12.1. The van der Waals surface area contributed by atoms with E-state index in [0.717, 1.165) is 24.0 Å². The molecule has 0 bridgehead atoms. The van der Waals surface area contributed by atoms with Crippen molar-refractivity contribution in [3.05, 3.63) is 29.8 Å². The lowest BCUT2D eigenvalue weighted by atomic mass is 9.98. The van der Waals surface area contributed by atoms with E-state index < -0.39 is 0 Å². The van der Waals surface area contributed by atoms with Gasteiger partial charge in [-0.3, -0.25) is 10.00 Å². The number of rotatable bonds is 3. The predicted octanol–water partition coefficient (Wildman–Crippen LogP) is 1.76. The van der Waals surface area contributed by atoms with Gasteiger partial charge in [0.1, 0.15) is 12.4 Å². The first-order valence-corrected chi connectivity index (χ1v) is 7.22. The number of aryl methyl sites for hydroxylation is 2. The number of hydrogen-bond acceptors (Lipinski definition) is 5. The molecule has 2 aromatic heterocycles. The van der Waals surface area contributed by atoms with Crippen molar-refractivity contribution in [2.75, 3.05) is 11.9 Å². The Bertz CT molecular complexity index is 650. The molecule has 0 aliphatic carbocycles. The van der Waals surface area contributed by atoms with Crippen molar-refractivity contribution in [1.82, 2.24) is 20.3 Å². The smallest absolute Gasteiger partial charge is 0.320 e. The Morgan fingerprint density at radius 3 is 3.05 bits per heavy atom. The zero-order valence-electron chi connectivity index (χ0n) is 12.6. The van der Waals surface area contributed by atoms with Crippen LogP contribution in [0.3, 0.4) is 0 Å². The molecule has 3 rings (SSSR count). The molecule has 22 heavy (non-hydrogen) atoms. The number of anilines is 1. The van der Waals surface area contributed by atoms with Crippen LogP contribution in [0.4, 0.5) is 10.6 Å². The van der Waals surface area contributed by atoms with Gasteiger partial charge in [0.15, 0.2) is 5.82 Å². The van der Waals surface area contributed by atoms with Gasteiger partial charge < -0.3 is 14.6 Å². The number of aromatic nitrogens is 3. The van der Waals surface area contributed by atoms with E-state index >= 15 is 0 Å². The van der Waals surface area contributed by atoms with Crippen LogP contribution >= 0.6 is 0 Å². The van der Waals surface area contributed by atoms with Gasteiger partial charge >= 0.3 is 6.03 Å². The van der Waals surface area contributed by atoms with Crippen molar-refractivity contribution in [3.63, 3.8) is 0 Å². The van der Waals surface area contributed by atoms with Gasteiger partial charge in [0.25, 0.3) is 0 Å². The molecule has 1 fully saturated rings. The summed E-state index contributed by atoms with van der Waals surface area (Å²) < 4.78 is 12.3. The molecule has 0 radical (unpaired) electrons. The fourth-order valence-electron chi connectivity index (χ4n) is 2.56. The summed E-state index contributed by atoms with van der Waals surface area (Å²) in [5, 5.41) is 13.5. The summed E-state index contributed by atoms with van der Waals surface area (Å²) in [7, 11) is 1.86. The molecule has 2 amide bonds. The minimum Gasteiger partial charge on any atom is -0.371 e. The fourth-order valence-corrected chi connectivity index (χ4v) is 2.56. The van der Waals surface area contributed by atoms with Crippen molar-refractivity contribution in [1.29, 1.82) is 0 Å². The normalized spacial score (nSPS) is 21.5. The van der Waals surface area contributed by atoms with Crippen LogP contribution in [-0.4, -0.2) is 33.6 Å². The third kappa shape index (κ3) is 3.11. The first-order valence-electron chi connectivity index (χ1n) is 7.22. The van der Waals surface area contributed by atoms with Gasteiger partial charge in [-0.2, -0.15) is 5.10 Å². The maximum absolute atomic E-state index is 12.1. The van der Waals surface area contributed by atoms with Crippen LogP contribution in [-0.2, 0) is 11.8 Å². The number of nitrogens with zero attached hydrogens (tertiary/aromatic N) is 3. The second kappa shape index (κ2) is 6.18. The molecular weight excluding hydrogens is 286 g/mol. The van der Waals surface area contributed by atoms with Crippen molar-refractivity contribution in [2.24, 2.45) is 7.05 Å². The predicted molar refractivity (Wildman–Crippen MR) is 78.3 cm³/mol. The Labute approximate surface area is 127 Å². The third-order valence-corrected chi connectivity index (χ3v) is 3.67. The molecule has 0 unspecified atom stereocenters. The monoisotopic (exact) mass is 305 g/mol. The summed E-state index contributed by atoms with van der Waals surface area (Å²) in [6.07, 6.45) is 6.73. The minimum absolute atomic E-state index is 0.106. The zero-order chi connectivity index (χ0) is 15.5. The van der Waals surface area contributed by atoms with Crippen LogP contribution in [0.1, 0.15) is 30.1 Å². The summed E-state index contributed by atoms with van der Waals surface area (Å²) in [5.41, 5.74) is 1.74. The fraction of sp³-hybridized carbons (Fsp3) is 0.500. The van der Waals surface area contributed by atoms with Gasteiger partial charge in [-0.1, -0.05) is 5.16 Å². The molecule has 3 heterocycles. The lowest BCUT2D eigenvalue weighted by Crippen LogP contribution is -2.44. The molecule has 0 saturated carbocycles. The molecule has 118 valence electrons. The SMILES string of the molecule is Cc1conc1NC(=O)N[C@H]1CCCO[C@@H]1c1cnn(C)c1. The average Bonchev–Trinajstić information content (AvgIpc) is 3.09. The second-order valence-electron chi connectivity index (χ2n) is 5.43. The summed E-state index contributed by atoms with van der Waals surface area (Å²) in [5.74, 6) is 0.423. The van der Waals surface area contributed by atoms with E-state index in [2.05, 4.69) is 20.9 Å². The lowest BCUT2D eigenvalue weighted by Gasteiger charge is -2.31. The molecule has 1 aliphatic heterocycles. The number of nitrogens with one attached hydrogen (secondary N) is 2. The molecule has 2 atom stereocenters. The van der Waals surface area contributed by atoms with E-state index in [4.69, 9.17) is 9.26 Å². The van der Waals surface area contributed by atoms with E-state index in [-0.39, 0.29) is 18.2 Å². The molecule has 8 heteroatoms. The summed E-state index contributed by atoms with van der Waals surface area (Å²) in [6, 6.07) is -0.424. The van der Waals surface area contributed by atoms with E-state index in [1.165, 1.54) is 6.26 Å². The molecule has 0 spiro atoms. The molecular formula is C14H19N5O3. The number of carbonyl (C=O) groups is 1. The standard InChI is InChI=1S/C14H19N5O3/c1-9-8-22-18-13(9)17-14(20)16-11-4-3-5-21-12(11)10-6-15-19(2)7-10/h6-8,11-12H,3-5H2,1-2H3,(H2,16,17,18,20)/t11-,12+/m0/s1. The van der Waals surface area contributed by atoms with Crippen LogP contribution in [0.2, 0.25) is 0 Å². The first-order chi connectivity index (χ1) is 10.6. The second-order valence-corrected chi connectivity index (χ2v) is 5.43. The quantitative estimate of drug-likeness (QED) is 0.901. The zero-order valence-corrected chi connectivity index (χ0v) is 12.6. The number of urea groups is 1. The van der Waals surface area contributed by atoms with Gasteiger partial charge in [-0.05, 0) is 19.8 Å². The number of carbonyl (C=O) groups excluding carboxylic acids is 1. The number of hydrogen-bond donors (Lipinski definition) is 2. The topological polar surface area (TPSA) is 94.2 Å². The van der Waals surface area contributed by atoms with Crippen LogP contribution in [0, 0.1) is 6.92 Å². The van der Waals surface area contributed by atoms with E-state index in [1.54, 1.807) is 10.9 Å². The summed E-state index contributed by atoms with van der Waals surface area (Å²) in [4.78, 5) is 12.1. The van der Waals surface area contributed by atoms with Crippen LogP contribution in [0.25, 0.3) is 0 Å². The number of amides is 2. The third-order valence-electron chi connectivity index (χ3n) is 3.67. The van der Waals surface area contributed by atoms with Crippen molar-refractivity contribution >= 4 is 11.8 Å². The van der Waals surface area contributed by atoms with E-state index in [1.807, 2.05) is 20.2 Å². The highest BCUT2D eigenvalue weighted by Gasteiger charge is 2.30. The minimum atomic E-state index is -0.318. The Morgan fingerprint density at radius 1 is 1.50 bits per heavy atom. The van der Waals surface area contributed by atoms with Crippen LogP contribution in [0.15, 0.2) is 23.2 Å². The van der Waals surface area contributed by atoms with Crippen molar-refractivity contribution in [3.8, 4) is 0 Å². The Hall–Kier alpha value is -2.35. The summed E-state index contributed by atoms with van der Waals surface area (Å²) >= 11 is 0. The Morgan fingerprint density at radius 2 is 2.36 bits per heavy atom. The largest absolute Gasteiger partial charge is 0.371 e. The van der Waals surface area contributed by atoms with Gasteiger partial charge in [-0.25, -0.2) is 4.79 Å². The van der Waals surface area contributed by atoms with E-state index in [0.29, 0.717) is 12.4 Å². The van der Waals surface area contributed by atoms with Crippen molar-refractivity contribution in [2.45, 2.75) is 31.9 Å². The van der Waals surface area contributed by atoms with Gasteiger partial charge in [0, 0.05) is 31.0 Å². The van der Waals surface area contributed by atoms with Crippen LogP contribution < -0.4 is 10.6 Å². The van der Waals surface area contributed by atoms with Crippen molar-refractivity contribution < 1.29 is 14.1 Å². The Balaban J connectivity index is 1.66. The molecule has 1 saturated heterocycles. The molecule has 1 aliphatic rings. The maximum Gasteiger partial charge on any atom is 0.320 e. The van der Waals surface area contributed by atoms with Gasteiger partial charge in [-0.15, -0.1) is 0 Å². The Kier molecular flexibility index (Phi) is 4.10. The van der Waals surface area contributed by atoms with Crippen LogP contribution in [0.5, 0.6) is 0 Å². The van der Waals surface area contributed by atoms with E-state index in [9.17, 15) is 4.79 Å². The van der Waals surface area contributed by atoms with Gasteiger partial charge in [0.05, 0.1) is 12.2 Å². The average molecular weight is 305 g/mol. The molecule has 8 nitrogen and oxygen atoms in total. The summed E-state index contributed by atoms with van der Waals surface area (Å²) in [6.45, 7) is 2.50. The highest BCUT2D eigenvalue weighted by Crippen LogP contribution is 2.28. The molecule has 2 N–H and O–H groups in total. The van der Waals surface area contributed by atoms with Gasteiger partial charge in [0.2, 0.25) is 0 Å².